The van der Waals surface area contributed by atoms with Crippen LogP contribution in [0.15, 0.2) is 30.6 Å². The summed E-state index contributed by atoms with van der Waals surface area (Å²) in [5, 5.41) is 7.46. The molecule has 6 nitrogen and oxygen atoms in total. The molecular formula is C14H18N4O2. The number of pyridine rings is 1. The highest BCUT2D eigenvalue weighted by Gasteiger charge is 2.21. The first-order valence-electron chi connectivity index (χ1n) is 6.76. The normalized spacial score (nSPS) is 19.1. The zero-order valence-corrected chi connectivity index (χ0v) is 11.5. The zero-order chi connectivity index (χ0) is 13.9. The van der Waals surface area contributed by atoms with Crippen LogP contribution in [-0.4, -0.2) is 59.8 Å². The third-order valence-electron chi connectivity index (χ3n) is 3.49. The van der Waals surface area contributed by atoms with Crippen molar-refractivity contribution in [1.29, 1.82) is 0 Å². The molecule has 3 rings (SSSR count). The first-order valence-corrected chi connectivity index (χ1v) is 6.76. The number of nitrogens with one attached hydrogen (secondary N) is 1. The van der Waals surface area contributed by atoms with Crippen LogP contribution in [0.25, 0.3) is 5.52 Å². The van der Waals surface area contributed by atoms with Gasteiger partial charge in [0.1, 0.15) is 0 Å². The number of rotatable bonds is 3. The fraction of sp³-hybridized carbons (Fsp3) is 0.429. The molecule has 2 aromatic rings. The molecule has 20 heavy (non-hydrogen) atoms. The van der Waals surface area contributed by atoms with Gasteiger partial charge in [-0.2, -0.15) is 5.10 Å². The minimum atomic E-state index is -0.0274. The topological polar surface area (TPSA) is 58.9 Å². The number of ether oxygens (including phenoxy) is 1. The van der Waals surface area contributed by atoms with E-state index in [1.807, 2.05) is 24.4 Å². The highest BCUT2D eigenvalue weighted by molar-refractivity contribution is 6.00. The molecule has 0 saturated carbocycles. The van der Waals surface area contributed by atoms with Gasteiger partial charge >= 0.3 is 0 Å². The highest BCUT2D eigenvalue weighted by Crippen LogP contribution is 2.12. The Morgan fingerprint density at radius 1 is 1.60 bits per heavy atom. The van der Waals surface area contributed by atoms with Gasteiger partial charge in [0.05, 0.1) is 30.0 Å². The fourth-order valence-electron chi connectivity index (χ4n) is 2.43. The monoisotopic (exact) mass is 274 g/mol. The van der Waals surface area contributed by atoms with Gasteiger partial charge in [0.25, 0.3) is 5.91 Å². The minimum Gasteiger partial charge on any atom is -0.374 e. The molecule has 0 spiro atoms. The highest BCUT2D eigenvalue weighted by atomic mass is 16.5. The summed E-state index contributed by atoms with van der Waals surface area (Å²) in [6.45, 7) is 2.94. The molecule has 1 atom stereocenters. The number of amides is 1. The van der Waals surface area contributed by atoms with E-state index in [-0.39, 0.29) is 12.0 Å². The second kappa shape index (κ2) is 5.60. The summed E-state index contributed by atoms with van der Waals surface area (Å²) in [4.78, 5) is 14.2. The smallest absolute Gasteiger partial charge is 0.257 e. The van der Waals surface area contributed by atoms with Crippen molar-refractivity contribution in [2.24, 2.45) is 0 Å². The van der Waals surface area contributed by atoms with E-state index in [1.165, 1.54) is 0 Å². The molecule has 0 bridgehead atoms. The SMILES string of the molecule is CN(CC1CNCCO1)C(=O)c1cnn2ccccc12. The summed E-state index contributed by atoms with van der Waals surface area (Å²) in [5.74, 6) is -0.0274. The average molecular weight is 274 g/mol. The van der Waals surface area contributed by atoms with E-state index >= 15 is 0 Å². The van der Waals surface area contributed by atoms with Crippen molar-refractivity contribution in [3.8, 4) is 0 Å². The Bertz CT molecular complexity index is 604. The van der Waals surface area contributed by atoms with Gasteiger partial charge < -0.3 is 15.0 Å². The van der Waals surface area contributed by atoms with Crippen molar-refractivity contribution in [2.75, 3.05) is 33.3 Å². The molecule has 3 heterocycles. The van der Waals surface area contributed by atoms with E-state index in [0.717, 1.165) is 18.6 Å². The van der Waals surface area contributed by atoms with Crippen molar-refractivity contribution < 1.29 is 9.53 Å². The molecule has 1 aliphatic rings. The summed E-state index contributed by atoms with van der Waals surface area (Å²) in [6.07, 6.45) is 3.51. The zero-order valence-electron chi connectivity index (χ0n) is 11.5. The summed E-state index contributed by atoms with van der Waals surface area (Å²) >= 11 is 0. The lowest BCUT2D eigenvalue weighted by Gasteiger charge is -2.27. The summed E-state index contributed by atoms with van der Waals surface area (Å²) in [7, 11) is 1.80. The maximum Gasteiger partial charge on any atom is 0.257 e. The molecule has 1 amide bonds. The summed E-state index contributed by atoms with van der Waals surface area (Å²) in [6, 6.07) is 5.69. The first-order chi connectivity index (χ1) is 9.75. The quantitative estimate of drug-likeness (QED) is 0.880. The van der Waals surface area contributed by atoms with Gasteiger partial charge in [0, 0.05) is 32.9 Å². The lowest BCUT2D eigenvalue weighted by atomic mass is 10.2. The van der Waals surface area contributed by atoms with E-state index < -0.39 is 0 Å². The number of carbonyl (C=O) groups excluding carboxylic acids is 1. The molecule has 2 aromatic heterocycles. The van der Waals surface area contributed by atoms with Crippen LogP contribution in [0.2, 0.25) is 0 Å². The molecule has 1 fully saturated rings. The Hall–Kier alpha value is -1.92. The van der Waals surface area contributed by atoms with Crippen LogP contribution in [-0.2, 0) is 4.74 Å². The number of nitrogens with zero attached hydrogens (tertiary/aromatic N) is 3. The van der Waals surface area contributed by atoms with Crippen LogP contribution < -0.4 is 5.32 Å². The van der Waals surface area contributed by atoms with Gasteiger partial charge in [-0.05, 0) is 12.1 Å². The van der Waals surface area contributed by atoms with E-state index in [1.54, 1.807) is 22.7 Å². The van der Waals surface area contributed by atoms with E-state index in [4.69, 9.17) is 4.74 Å². The van der Waals surface area contributed by atoms with Gasteiger partial charge in [-0.25, -0.2) is 4.52 Å². The molecule has 0 aliphatic carbocycles. The molecule has 106 valence electrons. The molecule has 1 N–H and O–H groups in total. The Morgan fingerprint density at radius 2 is 2.50 bits per heavy atom. The van der Waals surface area contributed by atoms with Crippen molar-refractivity contribution in [3.05, 3.63) is 36.2 Å². The molecule has 1 saturated heterocycles. The fourth-order valence-corrected chi connectivity index (χ4v) is 2.43. The van der Waals surface area contributed by atoms with E-state index in [9.17, 15) is 4.79 Å². The van der Waals surface area contributed by atoms with Crippen LogP contribution >= 0.6 is 0 Å². The number of likely N-dealkylation sites (N-methyl/N-ethyl adjacent to an activating group) is 1. The van der Waals surface area contributed by atoms with E-state index in [2.05, 4.69) is 10.4 Å². The molecular weight excluding hydrogens is 256 g/mol. The maximum atomic E-state index is 12.5. The maximum absolute atomic E-state index is 12.5. The van der Waals surface area contributed by atoms with Crippen molar-refractivity contribution in [3.63, 3.8) is 0 Å². The second-order valence-electron chi connectivity index (χ2n) is 4.97. The van der Waals surface area contributed by atoms with Crippen LogP contribution in [0.5, 0.6) is 0 Å². The van der Waals surface area contributed by atoms with Crippen molar-refractivity contribution in [1.82, 2.24) is 19.8 Å². The lowest BCUT2D eigenvalue weighted by Crippen LogP contribution is -2.45. The Morgan fingerprint density at radius 3 is 3.30 bits per heavy atom. The summed E-state index contributed by atoms with van der Waals surface area (Å²) < 4.78 is 7.33. The van der Waals surface area contributed by atoms with Crippen LogP contribution in [0, 0.1) is 0 Å². The third-order valence-corrected chi connectivity index (χ3v) is 3.49. The Labute approximate surface area is 117 Å². The number of fused-ring (bicyclic) bond motifs is 1. The number of aromatic nitrogens is 2. The largest absolute Gasteiger partial charge is 0.374 e. The van der Waals surface area contributed by atoms with Gasteiger partial charge in [-0.1, -0.05) is 6.07 Å². The summed E-state index contributed by atoms with van der Waals surface area (Å²) in [5.41, 5.74) is 1.45. The average Bonchev–Trinajstić information content (AvgIpc) is 2.91. The lowest BCUT2D eigenvalue weighted by molar-refractivity contribution is 0.0104. The minimum absolute atomic E-state index is 0.0274. The van der Waals surface area contributed by atoms with Crippen LogP contribution in [0.4, 0.5) is 0 Å². The first kappa shape index (κ1) is 13.1. The van der Waals surface area contributed by atoms with Crippen LogP contribution in [0.1, 0.15) is 10.4 Å². The number of morpholine rings is 1. The standard InChI is InChI=1S/C14H18N4O2/c1-17(10-11-8-15-5-7-20-11)14(19)12-9-16-18-6-3-2-4-13(12)18/h2-4,6,9,11,15H,5,7-8,10H2,1H3. The van der Waals surface area contributed by atoms with Crippen molar-refractivity contribution in [2.45, 2.75) is 6.10 Å². The third kappa shape index (κ3) is 2.52. The van der Waals surface area contributed by atoms with Gasteiger partial charge in [0.15, 0.2) is 0 Å². The van der Waals surface area contributed by atoms with E-state index in [0.29, 0.717) is 18.7 Å². The number of carbonyl (C=O) groups is 1. The van der Waals surface area contributed by atoms with Gasteiger partial charge in [-0.15, -0.1) is 0 Å². The predicted octanol–water partition coefficient (Wildman–Crippen LogP) is 0.395. The van der Waals surface area contributed by atoms with Gasteiger partial charge in [-0.3, -0.25) is 4.79 Å². The predicted molar refractivity (Wildman–Crippen MR) is 74.8 cm³/mol. The van der Waals surface area contributed by atoms with Gasteiger partial charge in [0.2, 0.25) is 0 Å². The molecule has 1 aliphatic heterocycles. The number of hydrogen-bond acceptors (Lipinski definition) is 4. The molecule has 6 heteroatoms. The Kier molecular flexibility index (Phi) is 3.66. The van der Waals surface area contributed by atoms with Crippen LogP contribution in [0.3, 0.4) is 0 Å². The Balaban J connectivity index is 1.74. The molecule has 0 aromatic carbocycles. The van der Waals surface area contributed by atoms with Crippen molar-refractivity contribution >= 4 is 11.4 Å². The molecule has 0 radical (unpaired) electrons. The molecule has 1 unspecified atom stereocenters. The second-order valence-corrected chi connectivity index (χ2v) is 4.97. The number of hydrogen-bond donors (Lipinski definition) is 1.